The number of allylic oxidation sites excluding steroid dienone is 6. The van der Waals surface area contributed by atoms with Gasteiger partial charge in [0.05, 0.1) is 5.57 Å². The Hall–Kier alpha value is -2.75. The lowest BCUT2D eigenvalue weighted by molar-refractivity contribution is -0.113. The predicted molar refractivity (Wildman–Crippen MR) is 148 cm³/mol. The molecule has 1 N–H and O–H groups in total. The maximum atomic E-state index is 13.3. The zero-order valence-electron chi connectivity index (χ0n) is 23.0. The molecule has 0 aliphatic carbocycles. The molecule has 1 rings (SSSR count). The van der Waals surface area contributed by atoms with Crippen LogP contribution in [0.15, 0.2) is 70.5 Å². The number of aliphatic hydroxyl groups excluding tert-OH is 1. The molecular formula is C30H46FNO2. The van der Waals surface area contributed by atoms with Gasteiger partial charge in [0.25, 0.3) is 0 Å². The van der Waals surface area contributed by atoms with E-state index in [4.69, 9.17) is 0 Å². The normalized spacial score (nSPS) is 12.9. The quantitative estimate of drug-likeness (QED) is 0.169. The number of carbonyl (C=O) groups excluding carboxylic acids is 1. The van der Waals surface area contributed by atoms with E-state index < -0.39 is 0 Å². The van der Waals surface area contributed by atoms with E-state index in [1.54, 1.807) is 24.3 Å². The molecular weight excluding hydrogens is 425 g/mol. The molecule has 4 heteroatoms. The van der Waals surface area contributed by atoms with Gasteiger partial charge in [-0.1, -0.05) is 80.2 Å². The molecule has 3 nitrogen and oxygen atoms in total. The average Bonchev–Trinajstić information content (AvgIpc) is 2.77. The summed E-state index contributed by atoms with van der Waals surface area (Å²) in [5.74, 6) is 0.250. The number of rotatable bonds is 9. The second-order valence-corrected chi connectivity index (χ2v) is 8.63. The number of hydrogen-bond donors (Lipinski definition) is 1. The summed E-state index contributed by atoms with van der Waals surface area (Å²) in [5, 5.41) is 10.6. The summed E-state index contributed by atoms with van der Waals surface area (Å²) < 4.78 is 13.3. The van der Waals surface area contributed by atoms with Crippen LogP contribution in [0.1, 0.15) is 81.2 Å². The monoisotopic (exact) mass is 471 g/mol. The maximum absolute atomic E-state index is 13.3. The highest BCUT2D eigenvalue weighted by Crippen LogP contribution is 2.30. The molecule has 0 saturated carbocycles. The highest BCUT2D eigenvalue weighted by Gasteiger charge is 2.14. The van der Waals surface area contributed by atoms with E-state index in [9.17, 15) is 14.3 Å². The van der Waals surface area contributed by atoms with Gasteiger partial charge in [0.2, 0.25) is 0 Å². The Balaban J connectivity index is 0. The molecule has 1 aromatic rings. The molecule has 190 valence electrons. The van der Waals surface area contributed by atoms with Crippen molar-refractivity contribution in [2.75, 3.05) is 6.54 Å². The Kier molecular flexibility index (Phi) is 18.3. The first-order valence-corrected chi connectivity index (χ1v) is 12.2. The number of carbonyl (C=O) groups is 1. The van der Waals surface area contributed by atoms with E-state index in [1.165, 1.54) is 25.3 Å². The Morgan fingerprint density at radius 2 is 1.59 bits per heavy atom. The van der Waals surface area contributed by atoms with Gasteiger partial charge in [-0.2, -0.15) is 0 Å². The van der Waals surface area contributed by atoms with Crippen molar-refractivity contribution in [2.45, 2.75) is 75.7 Å². The lowest BCUT2D eigenvalue weighted by atomic mass is 9.89. The van der Waals surface area contributed by atoms with Gasteiger partial charge in [0.1, 0.15) is 11.6 Å². The fourth-order valence-electron chi connectivity index (χ4n) is 2.83. The highest BCUT2D eigenvalue weighted by molar-refractivity contribution is 6.12. The lowest BCUT2D eigenvalue weighted by Gasteiger charge is -2.17. The summed E-state index contributed by atoms with van der Waals surface area (Å²) in [4.78, 5) is 16.1. The highest BCUT2D eigenvalue weighted by atomic mass is 19.1. The van der Waals surface area contributed by atoms with Crippen molar-refractivity contribution in [2.24, 2.45) is 16.8 Å². The predicted octanol–water partition coefficient (Wildman–Crippen LogP) is 8.94. The SMILES string of the molecule is C=C/C(=C(C)/C(=C/C(O)=C(\C=NCCC)C(C)=O)C(C)C)c1ccc(F)cc1.CC.CC(C)C. The average molecular weight is 472 g/mol. The molecule has 0 bridgehead atoms. The van der Waals surface area contributed by atoms with Crippen LogP contribution in [0, 0.1) is 17.7 Å². The summed E-state index contributed by atoms with van der Waals surface area (Å²) in [5.41, 5.74) is 3.62. The zero-order chi connectivity index (χ0) is 26.8. The fourth-order valence-corrected chi connectivity index (χ4v) is 2.83. The van der Waals surface area contributed by atoms with E-state index in [-0.39, 0.29) is 28.9 Å². The van der Waals surface area contributed by atoms with Crippen molar-refractivity contribution < 1.29 is 14.3 Å². The van der Waals surface area contributed by atoms with E-state index >= 15 is 0 Å². The van der Waals surface area contributed by atoms with Crippen LogP contribution in [0.2, 0.25) is 0 Å². The molecule has 0 fully saturated rings. The van der Waals surface area contributed by atoms with Gasteiger partial charge < -0.3 is 5.11 Å². The van der Waals surface area contributed by atoms with Crippen LogP contribution in [0.5, 0.6) is 0 Å². The van der Waals surface area contributed by atoms with Gasteiger partial charge in [-0.25, -0.2) is 4.39 Å². The number of aliphatic imine (C=N–C) groups is 1. The molecule has 0 amide bonds. The first kappa shape index (κ1) is 33.4. The Morgan fingerprint density at radius 1 is 1.09 bits per heavy atom. The van der Waals surface area contributed by atoms with Crippen molar-refractivity contribution in [1.29, 1.82) is 0 Å². The van der Waals surface area contributed by atoms with Crippen LogP contribution in [-0.2, 0) is 4.79 Å². The molecule has 0 radical (unpaired) electrons. The molecule has 0 aliphatic heterocycles. The summed E-state index contributed by atoms with van der Waals surface area (Å²) in [6.07, 6.45) is 5.62. The summed E-state index contributed by atoms with van der Waals surface area (Å²) in [6.45, 7) is 24.3. The number of benzene rings is 1. The van der Waals surface area contributed by atoms with Crippen LogP contribution in [0.3, 0.4) is 0 Å². The molecule has 34 heavy (non-hydrogen) atoms. The minimum absolute atomic E-state index is 0.0818. The smallest absolute Gasteiger partial charge is 0.165 e. The largest absolute Gasteiger partial charge is 0.507 e. The van der Waals surface area contributed by atoms with Gasteiger partial charge in [-0.15, -0.1) is 0 Å². The third-order valence-corrected chi connectivity index (χ3v) is 4.34. The van der Waals surface area contributed by atoms with E-state index in [0.29, 0.717) is 6.54 Å². The Bertz CT molecular complexity index is 867. The van der Waals surface area contributed by atoms with Crippen LogP contribution in [0.25, 0.3) is 5.57 Å². The minimum atomic E-state index is -0.303. The first-order chi connectivity index (χ1) is 16.0. The maximum Gasteiger partial charge on any atom is 0.165 e. The third-order valence-electron chi connectivity index (χ3n) is 4.34. The lowest BCUT2D eigenvalue weighted by Crippen LogP contribution is -2.05. The molecule has 0 aromatic heterocycles. The number of ketones is 1. The van der Waals surface area contributed by atoms with Crippen LogP contribution >= 0.6 is 0 Å². The number of halogens is 1. The molecule has 0 saturated heterocycles. The molecule has 1 aromatic carbocycles. The molecule has 0 spiro atoms. The second-order valence-electron chi connectivity index (χ2n) is 8.63. The van der Waals surface area contributed by atoms with Gasteiger partial charge in [-0.05, 0) is 72.6 Å². The fraction of sp³-hybridized carbons (Fsp3) is 0.467. The van der Waals surface area contributed by atoms with Crippen molar-refractivity contribution in [3.05, 3.63) is 76.9 Å². The number of aliphatic hydroxyl groups is 1. The number of Topliss-reactive ketones (excluding diaryl/α,β-unsaturated/α-hetero) is 1. The molecule has 0 atom stereocenters. The topological polar surface area (TPSA) is 49.7 Å². The zero-order valence-corrected chi connectivity index (χ0v) is 23.0. The van der Waals surface area contributed by atoms with Crippen molar-refractivity contribution in [3.8, 4) is 0 Å². The van der Waals surface area contributed by atoms with E-state index in [0.717, 1.165) is 34.6 Å². The van der Waals surface area contributed by atoms with E-state index in [2.05, 4.69) is 32.3 Å². The first-order valence-electron chi connectivity index (χ1n) is 12.2. The molecule has 0 unspecified atom stereocenters. The van der Waals surface area contributed by atoms with Crippen LogP contribution in [-0.4, -0.2) is 23.6 Å². The summed E-state index contributed by atoms with van der Waals surface area (Å²) in [6, 6.07) is 6.20. The van der Waals surface area contributed by atoms with Crippen molar-refractivity contribution in [1.82, 2.24) is 0 Å². The van der Waals surface area contributed by atoms with Crippen LogP contribution in [0.4, 0.5) is 4.39 Å². The van der Waals surface area contributed by atoms with Gasteiger partial charge >= 0.3 is 0 Å². The Morgan fingerprint density at radius 3 is 1.97 bits per heavy atom. The number of hydrogen-bond acceptors (Lipinski definition) is 3. The summed E-state index contributed by atoms with van der Waals surface area (Å²) in [7, 11) is 0. The minimum Gasteiger partial charge on any atom is -0.507 e. The Labute approximate surface area is 207 Å². The van der Waals surface area contributed by atoms with Crippen molar-refractivity contribution in [3.63, 3.8) is 0 Å². The standard InChI is InChI=1S/C24H30FNO2.C4H10.C2H6/c1-7-13-26-15-23(18(6)27)24(28)14-22(16(3)4)17(5)21(8-2)19-9-11-20(25)12-10-19;1-4(2)3;1-2/h8-12,14-16,28H,2,7,13H2,1,3-6H3;4H,1-3H3;1-2H3/b21-17-,22-14+,24-23-,26-15?;;. The number of nitrogens with zero attached hydrogens (tertiary/aromatic N) is 1. The summed E-state index contributed by atoms with van der Waals surface area (Å²) >= 11 is 0. The third kappa shape index (κ3) is 13.1. The van der Waals surface area contributed by atoms with Crippen LogP contribution < -0.4 is 0 Å². The molecule has 0 heterocycles. The van der Waals surface area contributed by atoms with Gasteiger partial charge in [0.15, 0.2) is 5.78 Å². The van der Waals surface area contributed by atoms with E-state index in [1.807, 2.05) is 41.5 Å². The van der Waals surface area contributed by atoms with Gasteiger partial charge in [0, 0.05) is 12.8 Å². The van der Waals surface area contributed by atoms with Gasteiger partial charge in [-0.3, -0.25) is 9.79 Å². The molecule has 0 aliphatic rings. The van der Waals surface area contributed by atoms with Crippen molar-refractivity contribution >= 4 is 17.6 Å². The second kappa shape index (κ2) is 18.7.